The van der Waals surface area contributed by atoms with Crippen molar-refractivity contribution < 1.29 is 13.2 Å². The van der Waals surface area contributed by atoms with Gasteiger partial charge >= 0.3 is 6.18 Å². The molecule has 102 valence electrons. The van der Waals surface area contributed by atoms with E-state index in [4.69, 9.17) is 0 Å². The predicted molar refractivity (Wildman–Crippen MR) is 68.8 cm³/mol. The summed E-state index contributed by atoms with van der Waals surface area (Å²) in [5.74, 6) is 0. The second-order valence-corrected chi connectivity index (χ2v) is 5.10. The lowest BCUT2D eigenvalue weighted by Gasteiger charge is -2.08. The van der Waals surface area contributed by atoms with Crippen molar-refractivity contribution in [2.75, 3.05) is 0 Å². The molecule has 0 spiro atoms. The molecular formula is C13H13F3N2S. The van der Waals surface area contributed by atoms with Crippen LogP contribution in [0.25, 0.3) is 0 Å². The molecule has 1 aromatic heterocycles. The van der Waals surface area contributed by atoms with Gasteiger partial charge in [-0.2, -0.15) is 13.2 Å². The molecule has 2 nitrogen and oxygen atoms in total. The third kappa shape index (κ3) is 3.78. The smallest absolute Gasteiger partial charge is 0.308 e. The highest BCUT2D eigenvalue weighted by Crippen LogP contribution is 2.29. The van der Waals surface area contributed by atoms with E-state index in [1.807, 2.05) is 6.92 Å². The molecule has 1 N–H and O–H groups in total. The molecule has 0 aliphatic heterocycles. The summed E-state index contributed by atoms with van der Waals surface area (Å²) < 4.78 is 37.1. The summed E-state index contributed by atoms with van der Waals surface area (Å²) in [5, 5.41) is 3.19. The number of benzene rings is 1. The third-order valence-corrected chi connectivity index (χ3v) is 3.68. The lowest BCUT2D eigenvalue weighted by molar-refractivity contribution is -0.137. The van der Waals surface area contributed by atoms with Crippen molar-refractivity contribution in [1.29, 1.82) is 0 Å². The first-order valence-electron chi connectivity index (χ1n) is 5.72. The van der Waals surface area contributed by atoms with Gasteiger partial charge in [-0.1, -0.05) is 12.1 Å². The SMILES string of the molecule is Cc1ncsc1CNCc1ccc(C(F)(F)F)cc1. The summed E-state index contributed by atoms with van der Waals surface area (Å²) >= 11 is 1.57. The molecule has 2 aromatic rings. The lowest BCUT2D eigenvalue weighted by Crippen LogP contribution is -2.13. The number of nitrogens with one attached hydrogen (secondary N) is 1. The number of aromatic nitrogens is 1. The number of alkyl halides is 3. The molecule has 0 saturated carbocycles. The van der Waals surface area contributed by atoms with Gasteiger partial charge in [0.1, 0.15) is 0 Å². The Morgan fingerprint density at radius 2 is 1.84 bits per heavy atom. The number of rotatable bonds is 4. The molecule has 0 unspecified atom stereocenters. The highest BCUT2D eigenvalue weighted by Gasteiger charge is 2.29. The summed E-state index contributed by atoms with van der Waals surface area (Å²) in [4.78, 5) is 5.28. The minimum Gasteiger partial charge on any atom is -0.308 e. The minimum atomic E-state index is -4.27. The third-order valence-electron chi connectivity index (χ3n) is 2.74. The maximum Gasteiger partial charge on any atom is 0.416 e. The second kappa shape index (κ2) is 5.71. The number of thiazole rings is 1. The number of hydrogen-bond acceptors (Lipinski definition) is 3. The van der Waals surface area contributed by atoms with Crippen LogP contribution in [0.2, 0.25) is 0 Å². The molecule has 0 amide bonds. The molecule has 19 heavy (non-hydrogen) atoms. The van der Waals surface area contributed by atoms with E-state index in [0.29, 0.717) is 13.1 Å². The van der Waals surface area contributed by atoms with Crippen molar-refractivity contribution in [3.05, 3.63) is 51.5 Å². The van der Waals surface area contributed by atoms with Gasteiger partial charge in [0.05, 0.1) is 16.8 Å². The Labute approximate surface area is 113 Å². The molecule has 1 heterocycles. The van der Waals surface area contributed by atoms with Crippen LogP contribution in [0.3, 0.4) is 0 Å². The molecule has 1 aromatic carbocycles. The van der Waals surface area contributed by atoms with Gasteiger partial charge in [0.2, 0.25) is 0 Å². The van der Waals surface area contributed by atoms with Gasteiger partial charge in [0, 0.05) is 18.0 Å². The van der Waals surface area contributed by atoms with Crippen LogP contribution < -0.4 is 5.32 Å². The average molecular weight is 286 g/mol. The molecule has 0 bridgehead atoms. The van der Waals surface area contributed by atoms with Crippen molar-refractivity contribution in [1.82, 2.24) is 10.3 Å². The first-order chi connectivity index (χ1) is 8.97. The van der Waals surface area contributed by atoms with Crippen LogP contribution in [-0.4, -0.2) is 4.98 Å². The number of halogens is 3. The van der Waals surface area contributed by atoms with Gasteiger partial charge in [-0.05, 0) is 24.6 Å². The molecule has 6 heteroatoms. The molecule has 0 radical (unpaired) electrons. The standard InChI is InChI=1S/C13H13F3N2S/c1-9-12(19-8-18-9)7-17-6-10-2-4-11(5-3-10)13(14,15)16/h2-5,8,17H,6-7H2,1H3. The Balaban J connectivity index is 1.89. The fourth-order valence-electron chi connectivity index (χ4n) is 1.63. The van der Waals surface area contributed by atoms with Crippen LogP contribution in [0.5, 0.6) is 0 Å². The summed E-state index contributed by atoms with van der Waals surface area (Å²) in [5.41, 5.74) is 2.99. The van der Waals surface area contributed by atoms with Crippen molar-refractivity contribution in [3.63, 3.8) is 0 Å². The van der Waals surface area contributed by atoms with Crippen LogP contribution in [0.4, 0.5) is 13.2 Å². The maximum atomic E-state index is 12.4. The normalized spacial score (nSPS) is 11.8. The van der Waals surface area contributed by atoms with E-state index in [0.717, 1.165) is 28.3 Å². The van der Waals surface area contributed by atoms with Gasteiger partial charge in [0.25, 0.3) is 0 Å². The van der Waals surface area contributed by atoms with E-state index in [-0.39, 0.29) is 0 Å². The van der Waals surface area contributed by atoms with E-state index in [9.17, 15) is 13.2 Å². The van der Waals surface area contributed by atoms with Crippen molar-refractivity contribution >= 4 is 11.3 Å². The molecule has 0 aliphatic rings. The lowest BCUT2D eigenvalue weighted by atomic mass is 10.1. The number of nitrogens with zero attached hydrogens (tertiary/aromatic N) is 1. The van der Waals surface area contributed by atoms with Crippen LogP contribution in [0.1, 0.15) is 21.7 Å². The van der Waals surface area contributed by atoms with Crippen molar-refractivity contribution in [2.24, 2.45) is 0 Å². The highest BCUT2D eigenvalue weighted by atomic mass is 32.1. The van der Waals surface area contributed by atoms with E-state index in [2.05, 4.69) is 10.3 Å². The Kier molecular flexibility index (Phi) is 4.21. The topological polar surface area (TPSA) is 24.9 Å². The Hall–Kier alpha value is -1.40. The van der Waals surface area contributed by atoms with Crippen LogP contribution in [-0.2, 0) is 19.3 Å². The van der Waals surface area contributed by atoms with Crippen LogP contribution in [0.15, 0.2) is 29.8 Å². The molecular weight excluding hydrogens is 273 g/mol. The Morgan fingerprint density at radius 1 is 1.16 bits per heavy atom. The summed E-state index contributed by atoms with van der Waals surface area (Å²) in [6, 6.07) is 5.20. The molecule has 0 fully saturated rings. The molecule has 2 rings (SSSR count). The van der Waals surface area contributed by atoms with Crippen LogP contribution in [0, 0.1) is 6.92 Å². The fraction of sp³-hybridized carbons (Fsp3) is 0.308. The van der Waals surface area contributed by atoms with Gasteiger partial charge in [-0.3, -0.25) is 0 Å². The Morgan fingerprint density at radius 3 is 2.37 bits per heavy atom. The van der Waals surface area contributed by atoms with Gasteiger partial charge in [0.15, 0.2) is 0 Å². The van der Waals surface area contributed by atoms with E-state index in [1.165, 1.54) is 12.1 Å². The first kappa shape index (κ1) is 14.0. The van der Waals surface area contributed by atoms with Crippen molar-refractivity contribution in [3.8, 4) is 0 Å². The van der Waals surface area contributed by atoms with Gasteiger partial charge in [-0.15, -0.1) is 11.3 Å². The zero-order valence-corrected chi connectivity index (χ0v) is 11.1. The number of aryl methyl sites for hydroxylation is 1. The predicted octanol–water partition coefficient (Wildman–Crippen LogP) is 3.76. The zero-order chi connectivity index (χ0) is 13.9. The second-order valence-electron chi connectivity index (χ2n) is 4.16. The molecule has 0 saturated heterocycles. The summed E-state index contributed by atoms with van der Waals surface area (Å²) in [6.07, 6.45) is -4.27. The summed E-state index contributed by atoms with van der Waals surface area (Å²) in [6.45, 7) is 3.15. The largest absolute Gasteiger partial charge is 0.416 e. The van der Waals surface area contributed by atoms with E-state index < -0.39 is 11.7 Å². The number of hydrogen-bond donors (Lipinski definition) is 1. The van der Waals surface area contributed by atoms with E-state index >= 15 is 0 Å². The average Bonchev–Trinajstić information content (AvgIpc) is 2.75. The van der Waals surface area contributed by atoms with Crippen molar-refractivity contribution in [2.45, 2.75) is 26.2 Å². The highest BCUT2D eigenvalue weighted by molar-refractivity contribution is 7.09. The monoisotopic (exact) mass is 286 g/mol. The minimum absolute atomic E-state index is 0.537. The molecule has 0 atom stereocenters. The first-order valence-corrected chi connectivity index (χ1v) is 6.60. The summed E-state index contributed by atoms with van der Waals surface area (Å²) in [7, 11) is 0. The molecule has 0 aliphatic carbocycles. The van der Waals surface area contributed by atoms with Crippen LogP contribution >= 0.6 is 11.3 Å². The van der Waals surface area contributed by atoms with Gasteiger partial charge < -0.3 is 5.32 Å². The fourth-order valence-corrected chi connectivity index (χ4v) is 2.37. The maximum absolute atomic E-state index is 12.4. The van der Waals surface area contributed by atoms with E-state index in [1.54, 1.807) is 16.8 Å². The van der Waals surface area contributed by atoms with Gasteiger partial charge in [-0.25, -0.2) is 4.98 Å². The zero-order valence-electron chi connectivity index (χ0n) is 10.3. The quantitative estimate of drug-likeness (QED) is 0.925. The Bertz CT molecular complexity index is 532.